The van der Waals surface area contributed by atoms with Crippen LogP contribution < -0.4 is 14.8 Å². The van der Waals surface area contributed by atoms with Crippen LogP contribution in [0.15, 0.2) is 48.5 Å². The molecule has 0 aliphatic heterocycles. The van der Waals surface area contributed by atoms with Crippen molar-refractivity contribution in [2.24, 2.45) is 0 Å². The summed E-state index contributed by atoms with van der Waals surface area (Å²) in [4.78, 5) is 0. The van der Waals surface area contributed by atoms with Crippen molar-refractivity contribution in [1.82, 2.24) is 25.5 Å². The van der Waals surface area contributed by atoms with Gasteiger partial charge in [0.25, 0.3) is 0 Å². The number of nitrogens with one attached hydrogen (secondary N) is 1. The molecule has 3 aromatic rings. The lowest BCUT2D eigenvalue weighted by Gasteiger charge is -2.14. The zero-order chi connectivity index (χ0) is 18.4. The molecule has 0 aliphatic rings. The lowest BCUT2D eigenvalue weighted by Crippen LogP contribution is -2.24. The molecular weight excluding hydrogens is 330 g/mol. The van der Waals surface area contributed by atoms with Crippen LogP contribution in [0.5, 0.6) is 17.5 Å². The van der Waals surface area contributed by atoms with Crippen molar-refractivity contribution < 1.29 is 9.47 Å². The number of hydrogen-bond donors (Lipinski definition) is 1. The Balaban J connectivity index is 1.79. The van der Waals surface area contributed by atoms with E-state index in [9.17, 15) is 0 Å². The van der Waals surface area contributed by atoms with Crippen LogP contribution >= 0.6 is 0 Å². The number of tetrazole rings is 1. The van der Waals surface area contributed by atoms with Crippen LogP contribution in [0.2, 0.25) is 0 Å². The second-order valence-corrected chi connectivity index (χ2v) is 5.99. The van der Waals surface area contributed by atoms with Gasteiger partial charge in [0.2, 0.25) is 0 Å². The first-order chi connectivity index (χ1) is 12.7. The molecule has 2 aromatic carbocycles. The molecule has 26 heavy (non-hydrogen) atoms. The van der Waals surface area contributed by atoms with Crippen LogP contribution in [-0.2, 0) is 6.54 Å². The van der Waals surface area contributed by atoms with E-state index < -0.39 is 0 Å². The highest BCUT2D eigenvalue weighted by Crippen LogP contribution is 2.32. The third-order valence-corrected chi connectivity index (χ3v) is 4.14. The standard InChI is InChI=1S/C19H23N5O2/c1-4-14(2)20-13-15-10-11-17(18(12-15)25-3)26-19-21-22-23-24(19)16-8-6-5-7-9-16/h5-12,14,20H,4,13H2,1-3H3/t14-/m1/s1. The summed E-state index contributed by atoms with van der Waals surface area (Å²) in [6.45, 7) is 5.09. The molecular formula is C19H23N5O2. The van der Waals surface area contributed by atoms with Crippen molar-refractivity contribution in [3.63, 3.8) is 0 Å². The van der Waals surface area contributed by atoms with Gasteiger partial charge < -0.3 is 14.8 Å². The zero-order valence-electron chi connectivity index (χ0n) is 15.2. The summed E-state index contributed by atoms with van der Waals surface area (Å²) < 4.78 is 12.9. The van der Waals surface area contributed by atoms with Crippen LogP contribution in [0.25, 0.3) is 5.69 Å². The molecule has 1 atom stereocenters. The van der Waals surface area contributed by atoms with Gasteiger partial charge in [-0.3, -0.25) is 0 Å². The van der Waals surface area contributed by atoms with Gasteiger partial charge in [0.05, 0.1) is 12.8 Å². The van der Waals surface area contributed by atoms with Gasteiger partial charge in [-0.1, -0.05) is 36.3 Å². The third kappa shape index (κ3) is 4.18. The van der Waals surface area contributed by atoms with Crippen molar-refractivity contribution in [3.8, 4) is 23.2 Å². The summed E-state index contributed by atoms with van der Waals surface area (Å²) in [6, 6.07) is 16.2. The monoisotopic (exact) mass is 353 g/mol. The Kier molecular flexibility index (Phi) is 5.80. The maximum atomic E-state index is 5.91. The SMILES string of the molecule is CC[C@@H](C)NCc1ccc(Oc2nnnn2-c2ccccc2)c(OC)c1. The Hall–Kier alpha value is -2.93. The molecule has 0 saturated heterocycles. The molecule has 1 N–H and O–H groups in total. The Morgan fingerprint density at radius 2 is 1.92 bits per heavy atom. The van der Waals surface area contributed by atoms with E-state index in [2.05, 4.69) is 34.7 Å². The highest BCUT2D eigenvalue weighted by atomic mass is 16.5. The first-order valence-electron chi connectivity index (χ1n) is 8.63. The van der Waals surface area contributed by atoms with Crippen LogP contribution in [-0.4, -0.2) is 33.4 Å². The maximum absolute atomic E-state index is 5.91. The van der Waals surface area contributed by atoms with Gasteiger partial charge in [-0.2, -0.15) is 4.68 Å². The molecule has 136 valence electrons. The molecule has 7 heteroatoms. The first-order valence-corrected chi connectivity index (χ1v) is 8.63. The molecule has 0 spiro atoms. The van der Waals surface area contributed by atoms with E-state index >= 15 is 0 Å². The van der Waals surface area contributed by atoms with Gasteiger partial charge in [0.1, 0.15) is 0 Å². The molecule has 7 nitrogen and oxygen atoms in total. The normalized spacial score (nSPS) is 12.0. The van der Waals surface area contributed by atoms with Crippen molar-refractivity contribution in [1.29, 1.82) is 0 Å². The number of hydrogen-bond acceptors (Lipinski definition) is 6. The molecule has 0 radical (unpaired) electrons. The molecule has 0 amide bonds. The minimum absolute atomic E-state index is 0.278. The fraction of sp³-hybridized carbons (Fsp3) is 0.316. The molecule has 0 saturated carbocycles. The molecule has 0 unspecified atom stereocenters. The van der Waals surface area contributed by atoms with E-state index in [4.69, 9.17) is 9.47 Å². The van der Waals surface area contributed by atoms with Crippen molar-refractivity contribution in [2.75, 3.05) is 7.11 Å². The van der Waals surface area contributed by atoms with Gasteiger partial charge in [-0.15, -0.1) is 0 Å². The highest BCUT2D eigenvalue weighted by molar-refractivity contribution is 5.44. The van der Waals surface area contributed by atoms with E-state index in [1.54, 1.807) is 7.11 Å². The number of aromatic nitrogens is 4. The van der Waals surface area contributed by atoms with E-state index in [1.165, 1.54) is 4.68 Å². The molecule has 0 aliphatic carbocycles. The number of methoxy groups -OCH3 is 1. The Labute approximate surface area is 152 Å². The van der Waals surface area contributed by atoms with Crippen LogP contribution in [0, 0.1) is 0 Å². The highest BCUT2D eigenvalue weighted by Gasteiger charge is 2.14. The molecule has 1 aromatic heterocycles. The van der Waals surface area contributed by atoms with E-state index in [-0.39, 0.29) is 6.01 Å². The molecule has 0 bridgehead atoms. The predicted molar refractivity (Wildman–Crippen MR) is 98.8 cm³/mol. The van der Waals surface area contributed by atoms with Crippen molar-refractivity contribution in [3.05, 3.63) is 54.1 Å². The van der Waals surface area contributed by atoms with Gasteiger partial charge >= 0.3 is 6.01 Å². The summed E-state index contributed by atoms with van der Waals surface area (Å²) >= 11 is 0. The Bertz CT molecular complexity index is 835. The Morgan fingerprint density at radius 1 is 1.12 bits per heavy atom. The van der Waals surface area contributed by atoms with Crippen molar-refractivity contribution in [2.45, 2.75) is 32.9 Å². The second-order valence-electron chi connectivity index (χ2n) is 5.99. The first kappa shape index (κ1) is 17.9. The van der Waals surface area contributed by atoms with E-state index in [1.807, 2.05) is 48.5 Å². The molecule has 1 heterocycles. The fourth-order valence-corrected chi connectivity index (χ4v) is 2.41. The predicted octanol–water partition coefficient (Wildman–Crippen LogP) is 3.35. The average Bonchev–Trinajstić information content (AvgIpc) is 3.15. The van der Waals surface area contributed by atoms with Crippen LogP contribution in [0.3, 0.4) is 0 Å². The average molecular weight is 353 g/mol. The smallest absolute Gasteiger partial charge is 0.346 e. The topological polar surface area (TPSA) is 74.1 Å². The Morgan fingerprint density at radius 3 is 2.65 bits per heavy atom. The number of rotatable bonds is 8. The van der Waals surface area contributed by atoms with Gasteiger partial charge in [0.15, 0.2) is 11.5 Å². The van der Waals surface area contributed by atoms with Gasteiger partial charge in [-0.25, -0.2) is 0 Å². The lowest BCUT2D eigenvalue weighted by molar-refractivity contribution is 0.362. The summed E-state index contributed by atoms with van der Waals surface area (Å²) in [7, 11) is 1.62. The van der Waals surface area contributed by atoms with Gasteiger partial charge in [0, 0.05) is 12.6 Å². The fourth-order valence-electron chi connectivity index (χ4n) is 2.41. The lowest BCUT2D eigenvalue weighted by atomic mass is 10.2. The summed E-state index contributed by atoms with van der Waals surface area (Å²) in [5.74, 6) is 1.20. The minimum Gasteiger partial charge on any atom is -0.493 e. The van der Waals surface area contributed by atoms with E-state index in [0.717, 1.165) is 24.2 Å². The number of ether oxygens (including phenoxy) is 2. The zero-order valence-corrected chi connectivity index (χ0v) is 15.2. The molecule has 0 fully saturated rings. The second kappa shape index (κ2) is 8.44. The largest absolute Gasteiger partial charge is 0.493 e. The van der Waals surface area contributed by atoms with Crippen molar-refractivity contribution >= 4 is 0 Å². The number of benzene rings is 2. The molecule has 3 rings (SSSR count). The summed E-state index contributed by atoms with van der Waals surface area (Å²) in [5.41, 5.74) is 1.94. The van der Waals surface area contributed by atoms with Crippen LogP contribution in [0.4, 0.5) is 0 Å². The van der Waals surface area contributed by atoms with E-state index in [0.29, 0.717) is 17.5 Å². The number of nitrogens with zero attached hydrogens (tertiary/aromatic N) is 4. The minimum atomic E-state index is 0.278. The quantitative estimate of drug-likeness (QED) is 0.669. The third-order valence-electron chi connectivity index (χ3n) is 4.14. The maximum Gasteiger partial charge on any atom is 0.346 e. The number of para-hydroxylation sites is 1. The van der Waals surface area contributed by atoms with Crippen LogP contribution in [0.1, 0.15) is 25.8 Å². The van der Waals surface area contributed by atoms with Gasteiger partial charge in [-0.05, 0) is 53.6 Å². The summed E-state index contributed by atoms with van der Waals surface area (Å²) in [6.07, 6.45) is 1.08. The summed E-state index contributed by atoms with van der Waals surface area (Å²) in [5, 5.41) is 15.1.